The Morgan fingerprint density at radius 2 is 2.04 bits per heavy atom. The molecule has 2 saturated carbocycles. The third-order valence-corrected chi connectivity index (χ3v) is 7.71. The molecule has 0 heterocycles. The lowest BCUT2D eigenvalue weighted by Crippen LogP contribution is -2.57. The first-order valence-electron chi connectivity index (χ1n) is 9.21. The first kappa shape index (κ1) is 16.9. The van der Waals surface area contributed by atoms with Gasteiger partial charge in [0.25, 0.3) is 0 Å². The Morgan fingerprint density at radius 1 is 1.32 bits per heavy atom. The molecule has 0 aromatic carbocycles. The topological polar surface area (TPSA) is 74.6 Å². The summed E-state index contributed by atoms with van der Waals surface area (Å²) in [7, 11) is 0. The lowest BCUT2D eigenvalue weighted by molar-refractivity contribution is -0.164. The molecule has 6 atom stereocenters. The molecule has 4 aliphatic rings. The maximum Gasteiger partial charge on any atom is 0.178 e. The van der Waals surface area contributed by atoms with Crippen molar-refractivity contribution in [3.05, 3.63) is 35.5 Å². The highest BCUT2D eigenvalue weighted by Gasteiger charge is 2.67. The van der Waals surface area contributed by atoms with Crippen LogP contribution in [0, 0.1) is 22.7 Å². The van der Waals surface area contributed by atoms with Crippen LogP contribution in [-0.2, 0) is 9.59 Å². The van der Waals surface area contributed by atoms with E-state index in [0.717, 1.165) is 18.4 Å². The second kappa shape index (κ2) is 5.01. The molecular formula is C21H26O4. The average molecular weight is 342 g/mol. The molecule has 4 aliphatic carbocycles. The molecule has 0 saturated heterocycles. The summed E-state index contributed by atoms with van der Waals surface area (Å²) in [6.07, 6.45) is 9.34. The highest BCUT2D eigenvalue weighted by Crippen LogP contribution is 2.64. The molecule has 0 aromatic rings. The molecule has 0 bridgehead atoms. The Labute approximate surface area is 148 Å². The minimum absolute atomic E-state index is 0.0504. The first-order valence-corrected chi connectivity index (χ1v) is 9.21. The summed E-state index contributed by atoms with van der Waals surface area (Å²) in [6, 6.07) is 0. The monoisotopic (exact) mass is 342 g/mol. The predicted molar refractivity (Wildman–Crippen MR) is 93.6 cm³/mol. The van der Waals surface area contributed by atoms with Crippen LogP contribution in [0.2, 0.25) is 0 Å². The van der Waals surface area contributed by atoms with Crippen LogP contribution in [0.5, 0.6) is 0 Å². The van der Waals surface area contributed by atoms with Crippen molar-refractivity contribution in [1.82, 2.24) is 0 Å². The van der Waals surface area contributed by atoms with Gasteiger partial charge in [0.15, 0.2) is 17.2 Å². The normalized spacial score (nSPS) is 48.2. The van der Waals surface area contributed by atoms with Gasteiger partial charge in [-0.2, -0.15) is 0 Å². The highest BCUT2D eigenvalue weighted by molar-refractivity contribution is 6.01. The lowest BCUT2D eigenvalue weighted by Gasteiger charge is -2.53. The van der Waals surface area contributed by atoms with Gasteiger partial charge >= 0.3 is 0 Å². The molecular weight excluding hydrogens is 316 g/mol. The molecule has 2 fully saturated rings. The number of rotatable bonds is 1. The van der Waals surface area contributed by atoms with Gasteiger partial charge in [0.2, 0.25) is 0 Å². The molecule has 0 amide bonds. The molecule has 6 unspecified atom stereocenters. The van der Waals surface area contributed by atoms with E-state index in [-0.39, 0.29) is 28.8 Å². The van der Waals surface area contributed by atoms with Crippen molar-refractivity contribution in [3.8, 4) is 0 Å². The quantitative estimate of drug-likeness (QED) is 0.718. The number of fused-ring (bicyclic) bond motifs is 5. The van der Waals surface area contributed by atoms with Crippen molar-refractivity contribution >= 4 is 11.6 Å². The van der Waals surface area contributed by atoms with Gasteiger partial charge in [-0.05, 0) is 63.5 Å². The van der Waals surface area contributed by atoms with Gasteiger partial charge in [0, 0.05) is 10.8 Å². The lowest BCUT2D eigenvalue weighted by atomic mass is 9.51. The smallest absolute Gasteiger partial charge is 0.178 e. The fourth-order valence-corrected chi connectivity index (χ4v) is 6.18. The van der Waals surface area contributed by atoms with Gasteiger partial charge in [-0.25, -0.2) is 0 Å². The molecule has 4 heteroatoms. The number of ketones is 2. The molecule has 0 aliphatic heterocycles. The summed E-state index contributed by atoms with van der Waals surface area (Å²) in [5.74, 6) is 0.00427. The van der Waals surface area contributed by atoms with Gasteiger partial charge in [-0.3, -0.25) is 9.59 Å². The minimum atomic E-state index is -1.67. The zero-order valence-electron chi connectivity index (χ0n) is 15.1. The van der Waals surface area contributed by atoms with Crippen LogP contribution in [0.1, 0.15) is 46.5 Å². The summed E-state index contributed by atoms with van der Waals surface area (Å²) >= 11 is 0. The number of carbonyl (C=O) groups is 2. The molecule has 0 aromatic heterocycles. The van der Waals surface area contributed by atoms with E-state index >= 15 is 0 Å². The Morgan fingerprint density at radius 3 is 2.72 bits per heavy atom. The van der Waals surface area contributed by atoms with Crippen LogP contribution in [0.4, 0.5) is 0 Å². The largest absolute Gasteiger partial charge is 0.390 e. The van der Waals surface area contributed by atoms with Gasteiger partial charge in [0.05, 0.1) is 6.10 Å². The fraction of sp³-hybridized carbons (Fsp3) is 0.619. The van der Waals surface area contributed by atoms with E-state index in [1.165, 1.54) is 12.5 Å². The van der Waals surface area contributed by atoms with E-state index in [0.29, 0.717) is 12.8 Å². The van der Waals surface area contributed by atoms with Gasteiger partial charge in [-0.15, -0.1) is 0 Å². The van der Waals surface area contributed by atoms with Gasteiger partial charge in [0.1, 0.15) is 0 Å². The summed E-state index contributed by atoms with van der Waals surface area (Å²) in [5, 5.41) is 21.7. The SMILES string of the molecule is CC(=O)C1(O)C(O)CC2C3CCC4=CC(=O)C=CC4(C)C3=CCC21C. The highest BCUT2D eigenvalue weighted by atomic mass is 16.4. The van der Waals surface area contributed by atoms with E-state index < -0.39 is 17.1 Å². The third kappa shape index (κ3) is 1.90. The van der Waals surface area contributed by atoms with E-state index in [1.807, 2.05) is 13.0 Å². The van der Waals surface area contributed by atoms with Crippen molar-refractivity contribution in [2.75, 3.05) is 0 Å². The molecule has 4 rings (SSSR count). The average Bonchev–Trinajstić information content (AvgIpc) is 2.77. The van der Waals surface area contributed by atoms with Crippen LogP contribution < -0.4 is 0 Å². The number of allylic oxidation sites excluding steroid dienone is 6. The molecule has 0 radical (unpaired) electrons. The fourth-order valence-electron chi connectivity index (χ4n) is 6.18. The second-order valence-electron chi connectivity index (χ2n) is 8.71. The van der Waals surface area contributed by atoms with E-state index in [9.17, 15) is 19.8 Å². The van der Waals surface area contributed by atoms with E-state index in [1.54, 1.807) is 12.2 Å². The number of carbonyl (C=O) groups excluding carboxylic acids is 2. The van der Waals surface area contributed by atoms with Crippen molar-refractivity contribution in [2.24, 2.45) is 22.7 Å². The molecule has 25 heavy (non-hydrogen) atoms. The molecule has 2 N–H and O–H groups in total. The second-order valence-corrected chi connectivity index (χ2v) is 8.71. The Bertz CT molecular complexity index is 760. The third-order valence-electron chi connectivity index (χ3n) is 7.71. The maximum atomic E-state index is 12.2. The molecule has 0 spiro atoms. The van der Waals surface area contributed by atoms with Gasteiger partial charge < -0.3 is 10.2 Å². The van der Waals surface area contributed by atoms with Crippen molar-refractivity contribution < 1.29 is 19.8 Å². The zero-order chi connectivity index (χ0) is 18.2. The van der Waals surface area contributed by atoms with E-state index in [2.05, 4.69) is 13.0 Å². The van der Waals surface area contributed by atoms with Crippen molar-refractivity contribution in [1.29, 1.82) is 0 Å². The number of Topliss-reactive ketones (excluding diaryl/α,β-unsaturated/α-hetero) is 1. The Kier molecular flexibility index (Phi) is 3.39. The van der Waals surface area contributed by atoms with Crippen molar-refractivity contribution in [2.45, 2.75) is 58.2 Å². The predicted octanol–water partition coefficient (Wildman–Crippen LogP) is 2.51. The van der Waals surface area contributed by atoms with Crippen LogP contribution in [0.3, 0.4) is 0 Å². The number of hydrogen-bond donors (Lipinski definition) is 2. The van der Waals surface area contributed by atoms with Gasteiger partial charge in [-0.1, -0.05) is 30.2 Å². The van der Waals surface area contributed by atoms with E-state index in [4.69, 9.17) is 0 Å². The van der Waals surface area contributed by atoms with Crippen LogP contribution in [0.15, 0.2) is 35.5 Å². The number of hydrogen-bond acceptors (Lipinski definition) is 4. The number of aliphatic hydroxyl groups excluding tert-OH is 1. The van der Waals surface area contributed by atoms with Crippen LogP contribution >= 0.6 is 0 Å². The number of aliphatic hydroxyl groups is 2. The summed E-state index contributed by atoms with van der Waals surface area (Å²) in [5.41, 5.74) is -0.115. The molecule has 134 valence electrons. The molecule has 4 nitrogen and oxygen atoms in total. The van der Waals surface area contributed by atoms with Crippen LogP contribution in [-0.4, -0.2) is 33.5 Å². The Balaban J connectivity index is 1.81. The summed E-state index contributed by atoms with van der Waals surface area (Å²) in [4.78, 5) is 24.0. The maximum absolute atomic E-state index is 12.2. The summed E-state index contributed by atoms with van der Waals surface area (Å²) < 4.78 is 0. The summed E-state index contributed by atoms with van der Waals surface area (Å²) in [6.45, 7) is 5.50. The zero-order valence-corrected chi connectivity index (χ0v) is 15.1. The van der Waals surface area contributed by atoms with Crippen molar-refractivity contribution in [3.63, 3.8) is 0 Å². The van der Waals surface area contributed by atoms with Crippen LogP contribution in [0.25, 0.3) is 0 Å². The standard InChI is InChI=1S/C21H26O4/c1-12(22)21(25)18(24)11-17-15-5-4-13-10-14(23)6-8-19(13,2)16(15)7-9-20(17,21)3/h6-8,10,15,17-18,24-25H,4-5,9,11H2,1-3H3. The Hall–Kier alpha value is -1.52. The first-order chi connectivity index (χ1) is 11.6. The minimum Gasteiger partial charge on any atom is -0.390 e.